The Morgan fingerprint density at radius 1 is 1.64 bits per heavy atom. The van der Waals surface area contributed by atoms with Crippen LogP contribution in [0, 0.1) is 10.1 Å². The molecule has 0 aromatic carbocycles. The summed E-state index contributed by atoms with van der Waals surface area (Å²) in [4.78, 5) is 14.8. The van der Waals surface area contributed by atoms with Gasteiger partial charge in [-0.3, -0.25) is 4.91 Å². The number of nitro groups is 1. The summed E-state index contributed by atoms with van der Waals surface area (Å²) in [6, 6.07) is 0. The average molecular weight is 155 g/mol. The molecule has 0 unspecified atom stereocenters. The molecule has 1 rings (SSSR count). The Morgan fingerprint density at radius 2 is 2.18 bits per heavy atom. The maximum Gasteiger partial charge on any atom is 0.170 e. The van der Waals surface area contributed by atoms with Crippen LogP contribution in [0.3, 0.4) is 0 Å². The van der Waals surface area contributed by atoms with Gasteiger partial charge in [-0.05, 0) is 0 Å². The molecular formula is C3H3N6O2-. The maximum atomic E-state index is 9.79. The standard InChI is InChI=1S/C3H3N3O2.N3/c7-6(8)5-2-1-4-3-5;1-3-2/h1-3H;/q;-1. The molecule has 58 valence electrons. The zero-order chi connectivity index (χ0) is 8.69. The average Bonchev–Trinajstić information content (AvgIpc) is 2.38. The van der Waals surface area contributed by atoms with E-state index in [9.17, 15) is 10.1 Å². The van der Waals surface area contributed by atoms with E-state index in [0.29, 0.717) is 0 Å². The number of imidazole rings is 1. The van der Waals surface area contributed by atoms with E-state index in [2.05, 4.69) is 4.98 Å². The summed E-state index contributed by atoms with van der Waals surface area (Å²) in [7, 11) is 0. The Balaban J connectivity index is 0.000000292. The Bertz CT molecular complexity index is 247. The molecule has 8 heteroatoms. The van der Waals surface area contributed by atoms with Crippen molar-refractivity contribution in [3.8, 4) is 0 Å². The van der Waals surface area contributed by atoms with Gasteiger partial charge in [0.25, 0.3) is 0 Å². The summed E-state index contributed by atoms with van der Waals surface area (Å²) in [5.41, 5.74) is 13.5. The number of hydrogen-bond acceptors (Lipinski definition) is 3. The highest BCUT2D eigenvalue weighted by molar-refractivity contribution is 4.68. The molecule has 0 bridgehead atoms. The first-order valence-corrected chi connectivity index (χ1v) is 2.33. The molecule has 0 radical (unpaired) electrons. The fraction of sp³-hybridized carbons (Fsp3) is 0. The fourth-order valence-electron chi connectivity index (χ4n) is 0.349. The molecule has 0 fully saturated rings. The summed E-state index contributed by atoms with van der Waals surface area (Å²) in [5, 5.41) is 9.23. The summed E-state index contributed by atoms with van der Waals surface area (Å²) in [6.45, 7) is 0. The Labute approximate surface area is 60.6 Å². The largest absolute Gasteiger partial charge is 0.373 e. The molecule has 1 aromatic rings. The molecule has 0 amide bonds. The van der Waals surface area contributed by atoms with Crippen molar-refractivity contribution in [3.63, 3.8) is 0 Å². The van der Waals surface area contributed by atoms with Crippen LogP contribution in [0.2, 0.25) is 0 Å². The van der Waals surface area contributed by atoms with Crippen molar-refractivity contribution in [1.82, 2.24) is 9.66 Å². The number of hydrogen-bond donors (Lipinski definition) is 0. The lowest BCUT2D eigenvalue weighted by atomic mass is 11.0. The van der Waals surface area contributed by atoms with Gasteiger partial charge in [0.15, 0.2) is 11.4 Å². The summed E-state index contributed by atoms with van der Waals surface area (Å²) >= 11 is 0. The van der Waals surface area contributed by atoms with Gasteiger partial charge in [0, 0.05) is 0 Å². The molecule has 0 atom stereocenters. The minimum Gasteiger partial charge on any atom is -0.373 e. The molecule has 0 aliphatic carbocycles. The van der Waals surface area contributed by atoms with Crippen LogP contribution in [0.15, 0.2) is 18.7 Å². The molecule has 0 N–H and O–H groups in total. The fourth-order valence-corrected chi connectivity index (χ4v) is 0.349. The van der Waals surface area contributed by atoms with Gasteiger partial charge in [-0.2, -0.15) is 0 Å². The number of aromatic nitrogens is 2. The molecule has 0 aliphatic rings. The highest BCUT2D eigenvalue weighted by atomic mass is 16.7. The van der Waals surface area contributed by atoms with Crippen LogP contribution in [0.5, 0.6) is 0 Å². The van der Waals surface area contributed by atoms with E-state index in [0.717, 1.165) is 11.0 Å². The van der Waals surface area contributed by atoms with Crippen molar-refractivity contribution < 1.29 is 5.03 Å². The van der Waals surface area contributed by atoms with E-state index in [-0.39, 0.29) is 0 Å². The van der Waals surface area contributed by atoms with Gasteiger partial charge in [0.2, 0.25) is 0 Å². The zero-order valence-electron chi connectivity index (χ0n) is 5.23. The molecular weight excluding hydrogens is 152 g/mol. The van der Waals surface area contributed by atoms with Crippen molar-refractivity contribution in [3.05, 3.63) is 44.8 Å². The van der Waals surface area contributed by atoms with Gasteiger partial charge in [-0.25, -0.2) is 15.1 Å². The second-order valence-electron chi connectivity index (χ2n) is 1.27. The highest BCUT2D eigenvalue weighted by Crippen LogP contribution is 1.80. The Hall–Kier alpha value is -2.08. The van der Waals surface area contributed by atoms with Crippen molar-refractivity contribution in [1.29, 1.82) is 0 Å². The summed E-state index contributed by atoms with van der Waals surface area (Å²) < 4.78 is 0.778. The van der Waals surface area contributed by atoms with Crippen molar-refractivity contribution in [2.24, 2.45) is 0 Å². The van der Waals surface area contributed by atoms with Crippen LogP contribution in [0.25, 0.3) is 16.0 Å². The van der Waals surface area contributed by atoms with Gasteiger partial charge >= 0.3 is 0 Å². The SMILES string of the molecule is O=[N+]([O-])n1ccnc1.[N-]=[N+]=[N-]. The lowest BCUT2D eigenvalue weighted by Gasteiger charge is -1.81. The Morgan fingerprint density at radius 3 is 2.36 bits per heavy atom. The molecule has 1 aromatic heterocycles. The van der Waals surface area contributed by atoms with Crippen molar-refractivity contribution >= 4 is 0 Å². The van der Waals surface area contributed by atoms with Gasteiger partial charge in [-0.15, -0.1) is 0 Å². The summed E-state index contributed by atoms with van der Waals surface area (Å²) in [5.74, 6) is 0. The minimum absolute atomic E-state index is 0.562. The summed E-state index contributed by atoms with van der Waals surface area (Å²) in [6.07, 6.45) is 3.74. The predicted octanol–water partition coefficient (Wildman–Crippen LogP) is 0.789. The van der Waals surface area contributed by atoms with Crippen LogP contribution < -0.4 is 0 Å². The Kier molecular flexibility index (Phi) is 3.87. The maximum absolute atomic E-state index is 9.79. The first kappa shape index (κ1) is 8.92. The smallest absolute Gasteiger partial charge is 0.170 e. The molecule has 11 heavy (non-hydrogen) atoms. The van der Waals surface area contributed by atoms with E-state index in [4.69, 9.17) is 11.1 Å². The van der Waals surface area contributed by atoms with Crippen LogP contribution in [0.4, 0.5) is 0 Å². The van der Waals surface area contributed by atoms with Crippen LogP contribution in [-0.4, -0.2) is 14.7 Å². The third kappa shape index (κ3) is 3.49. The lowest BCUT2D eigenvalue weighted by molar-refractivity contribution is -0.542. The van der Waals surface area contributed by atoms with Crippen molar-refractivity contribution in [2.45, 2.75) is 0 Å². The highest BCUT2D eigenvalue weighted by Gasteiger charge is 1.94. The third-order valence-electron chi connectivity index (χ3n) is 0.679. The van der Waals surface area contributed by atoms with E-state index in [1.54, 1.807) is 0 Å². The van der Waals surface area contributed by atoms with E-state index in [1.807, 2.05) is 0 Å². The lowest BCUT2D eigenvalue weighted by Crippen LogP contribution is -2.04. The molecule has 0 saturated heterocycles. The van der Waals surface area contributed by atoms with E-state index in [1.165, 1.54) is 17.3 Å². The first-order valence-electron chi connectivity index (χ1n) is 2.33. The second-order valence-corrected chi connectivity index (χ2v) is 1.27. The molecule has 0 spiro atoms. The second kappa shape index (κ2) is 4.77. The van der Waals surface area contributed by atoms with Gasteiger partial charge in [-0.1, -0.05) is 4.68 Å². The minimum atomic E-state index is -0.562. The zero-order valence-corrected chi connectivity index (χ0v) is 5.23. The predicted molar refractivity (Wildman–Crippen MR) is 34.7 cm³/mol. The van der Waals surface area contributed by atoms with Crippen LogP contribution in [0.1, 0.15) is 0 Å². The van der Waals surface area contributed by atoms with Crippen molar-refractivity contribution in [2.75, 3.05) is 0 Å². The van der Waals surface area contributed by atoms with Gasteiger partial charge in [0.05, 0.1) is 12.4 Å². The molecule has 1 heterocycles. The molecule has 8 nitrogen and oxygen atoms in total. The van der Waals surface area contributed by atoms with Crippen LogP contribution in [-0.2, 0) is 0 Å². The van der Waals surface area contributed by atoms with Gasteiger partial charge < -0.3 is 11.1 Å². The normalized spacial score (nSPS) is 7.27. The van der Waals surface area contributed by atoms with Crippen LogP contribution >= 0.6 is 0 Å². The topological polar surface area (TPSA) is 120 Å². The third-order valence-corrected chi connectivity index (χ3v) is 0.679. The quantitative estimate of drug-likeness (QED) is 0.196. The number of rotatable bonds is 1. The van der Waals surface area contributed by atoms with E-state index >= 15 is 0 Å². The first-order chi connectivity index (χ1) is 5.22. The van der Waals surface area contributed by atoms with Gasteiger partial charge in [0.1, 0.15) is 0 Å². The number of nitrogens with zero attached hydrogens (tertiary/aromatic N) is 6. The molecule has 0 saturated carbocycles. The van der Waals surface area contributed by atoms with E-state index < -0.39 is 5.03 Å². The monoisotopic (exact) mass is 155 g/mol. The molecule has 0 aliphatic heterocycles.